The van der Waals surface area contributed by atoms with Crippen LogP contribution in [0.25, 0.3) is 0 Å². The molecule has 0 radical (unpaired) electrons. The fourth-order valence-corrected chi connectivity index (χ4v) is 2.55. The van der Waals surface area contributed by atoms with E-state index in [2.05, 4.69) is 25.7 Å². The molecule has 2 rings (SSSR count). The first-order chi connectivity index (χ1) is 11.2. The summed E-state index contributed by atoms with van der Waals surface area (Å²) in [4.78, 5) is 20.0. The number of esters is 1. The summed E-state index contributed by atoms with van der Waals surface area (Å²) >= 11 is 0. The molecule has 0 saturated heterocycles. The van der Waals surface area contributed by atoms with Crippen LogP contribution in [0.2, 0.25) is 0 Å². The normalized spacial score (nSPS) is 15.7. The minimum absolute atomic E-state index is 0.0965. The van der Waals surface area contributed by atoms with Crippen LogP contribution >= 0.6 is 0 Å². The van der Waals surface area contributed by atoms with Crippen LogP contribution in [0.1, 0.15) is 44.3 Å². The van der Waals surface area contributed by atoms with Crippen molar-refractivity contribution in [3.8, 4) is 0 Å². The molecule has 1 aliphatic carbocycles. The van der Waals surface area contributed by atoms with E-state index in [9.17, 15) is 4.79 Å². The third-order valence-corrected chi connectivity index (χ3v) is 3.89. The highest BCUT2D eigenvalue weighted by atomic mass is 16.5. The Labute approximate surface area is 136 Å². The van der Waals surface area contributed by atoms with Gasteiger partial charge in [0.15, 0.2) is 5.96 Å². The second-order valence-electron chi connectivity index (χ2n) is 5.65. The summed E-state index contributed by atoms with van der Waals surface area (Å²) in [5, 5.41) is 10.3. The number of guanidine groups is 1. The standard InChI is InChI=1S/C15H26N6O2/c1-16-15(18-10-13-19-11-20-21(13)2)17-9-5-8-14(22)23-12-6-3-4-7-12/h11-12H,3-10H2,1-2H3,(H2,16,17,18). The summed E-state index contributed by atoms with van der Waals surface area (Å²) in [5.41, 5.74) is 0. The molecule has 128 valence electrons. The molecule has 1 fully saturated rings. The molecule has 8 heteroatoms. The minimum atomic E-state index is -0.0965. The summed E-state index contributed by atoms with van der Waals surface area (Å²) in [5.74, 6) is 1.41. The lowest BCUT2D eigenvalue weighted by molar-refractivity contribution is -0.148. The first-order valence-corrected chi connectivity index (χ1v) is 8.16. The van der Waals surface area contributed by atoms with E-state index in [-0.39, 0.29) is 12.1 Å². The van der Waals surface area contributed by atoms with Crippen LogP contribution in [0.4, 0.5) is 0 Å². The number of ether oxygens (including phenoxy) is 1. The number of rotatable bonds is 7. The molecule has 0 aliphatic heterocycles. The fraction of sp³-hybridized carbons (Fsp3) is 0.733. The average Bonchev–Trinajstić information content (AvgIpc) is 3.18. The van der Waals surface area contributed by atoms with Gasteiger partial charge in [0.2, 0.25) is 0 Å². The molecule has 0 amide bonds. The van der Waals surface area contributed by atoms with E-state index in [1.54, 1.807) is 11.7 Å². The molecule has 1 aromatic heterocycles. The molecule has 1 aromatic rings. The lowest BCUT2D eigenvalue weighted by atomic mass is 10.3. The molecular formula is C15H26N6O2. The van der Waals surface area contributed by atoms with E-state index in [1.165, 1.54) is 19.2 Å². The molecule has 0 atom stereocenters. The van der Waals surface area contributed by atoms with Crippen molar-refractivity contribution in [1.82, 2.24) is 25.4 Å². The summed E-state index contributed by atoms with van der Waals surface area (Å²) in [7, 11) is 3.55. The molecule has 0 bridgehead atoms. The molecular weight excluding hydrogens is 296 g/mol. The maximum absolute atomic E-state index is 11.7. The molecule has 2 N–H and O–H groups in total. The van der Waals surface area contributed by atoms with Crippen LogP contribution in [0.5, 0.6) is 0 Å². The Bertz CT molecular complexity index is 522. The Morgan fingerprint density at radius 2 is 2.22 bits per heavy atom. The second kappa shape index (κ2) is 9.12. The van der Waals surface area contributed by atoms with Gasteiger partial charge in [-0.15, -0.1) is 0 Å². The van der Waals surface area contributed by atoms with Crippen molar-refractivity contribution in [3.63, 3.8) is 0 Å². The van der Waals surface area contributed by atoms with Gasteiger partial charge >= 0.3 is 5.97 Å². The van der Waals surface area contributed by atoms with E-state index in [1.807, 2.05) is 7.05 Å². The third-order valence-electron chi connectivity index (χ3n) is 3.89. The molecule has 1 heterocycles. The summed E-state index contributed by atoms with van der Waals surface area (Å²) in [6.07, 6.45) is 7.20. The van der Waals surface area contributed by atoms with Crippen molar-refractivity contribution in [2.75, 3.05) is 13.6 Å². The van der Waals surface area contributed by atoms with Gasteiger partial charge in [-0.25, -0.2) is 4.98 Å². The number of aromatic nitrogens is 3. The lowest BCUT2D eigenvalue weighted by Crippen LogP contribution is -2.38. The van der Waals surface area contributed by atoms with Gasteiger partial charge in [-0.05, 0) is 32.1 Å². The highest BCUT2D eigenvalue weighted by Crippen LogP contribution is 2.21. The van der Waals surface area contributed by atoms with Gasteiger partial charge in [0.25, 0.3) is 0 Å². The molecule has 0 spiro atoms. The second-order valence-corrected chi connectivity index (χ2v) is 5.65. The number of carbonyl (C=O) groups is 1. The van der Waals surface area contributed by atoms with Gasteiger partial charge in [0.05, 0.1) is 6.54 Å². The lowest BCUT2D eigenvalue weighted by Gasteiger charge is -2.13. The first kappa shape index (κ1) is 17.2. The topological polar surface area (TPSA) is 93.4 Å². The zero-order valence-electron chi connectivity index (χ0n) is 13.9. The monoisotopic (exact) mass is 322 g/mol. The number of carbonyl (C=O) groups excluding carboxylic acids is 1. The van der Waals surface area contributed by atoms with Gasteiger partial charge < -0.3 is 15.4 Å². The Morgan fingerprint density at radius 1 is 1.43 bits per heavy atom. The summed E-state index contributed by atoms with van der Waals surface area (Å²) < 4.78 is 7.13. The number of aliphatic imine (C=N–C) groups is 1. The molecule has 23 heavy (non-hydrogen) atoms. The molecule has 1 saturated carbocycles. The zero-order valence-corrected chi connectivity index (χ0v) is 13.9. The number of aryl methyl sites for hydroxylation is 1. The van der Waals surface area contributed by atoms with E-state index in [4.69, 9.17) is 4.74 Å². The van der Waals surface area contributed by atoms with Crippen molar-refractivity contribution in [1.29, 1.82) is 0 Å². The van der Waals surface area contributed by atoms with Crippen LogP contribution < -0.4 is 10.6 Å². The van der Waals surface area contributed by atoms with E-state index >= 15 is 0 Å². The van der Waals surface area contributed by atoms with Crippen molar-refractivity contribution in [2.24, 2.45) is 12.0 Å². The van der Waals surface area contributed by atoms with Crippen LogP contribution in [0.3, 0.4) is 0 Å². The minimum Gasteiger partial charge on any atom is -0.462 e. The first-order valence-electron chi connectivity index (χ1n) is 8.16. The largest absolute Gasteiger partial charge is 0.462 e. The number of hydrogen-bond donors (Lipinski definition) is 2. The Hall–Kier alpha value is -2.12. The summed E-state index contributed by atoms with van der Waals surface area (Å²) in [6, 6.07) is 0. The van der Waals surface area contributed by atoms with Crippen molar-refractivity contribution >= 4 is 11.9 Å². The molecule has 1 aliphatic rings. The van der Waals surface area contributed by atoms with Crippen molar-refractivity contribution < 1.29 is 9.53 Å². The van der Waals surface area contributed by atoms with Gasteiger partial charge in [0.1, 0.15) is 18.3 Å². The smallest absolute Gasteiger partial charge is 0.306 e. The molecule has 0 aromatic carbocycles. The van der Waals surface area contributed by atoms with Gasteiger partial charge in [-0.1, -0.05) is 0 Å². The van der Waals surface area contributed by atoms with Crippen molar-refractivity contribution in [2.45, 2.75) is 51.2 Å². The highest BCUT2D eigenvalue weighted by Gasteiger charge is 2.18. The van der Waals surface area contributed by atoms with Crippen LogP contribution in [0, 0.1) is 0 Å². The maximum Gasteiger partial charge on any atom is 0.306 e. The van der Waals surface area contributed by atoms with Crippen molar-refractivity contribution in [3.05, 3.63) is 12.2 Å². The highest BCUT2D eigenvalue weighted by molar-refractivity contribution is 5.79. The third kappa shape index (κ3) is 5.88. The Balaban J connectivity index is 1.58. The predicted molar refractivity (Wildman–Crippen MR) is 86.8 cm³/mol. The van der Waals surface area contributed by atoms with E-state index in [0.29, 0.717) is 25.5 Å². The Kier molecular flexibility index (Phi) is 6.83. The van der Waals surface area contributed by atoms with Gasteiger partial charge in [-0.2, -0.15) is 5.10 Å². The number of hydrogen-bond acceptors (Lipinski definition) is 5. The number of nitrogens with zero attached hydrogens (tertiary/aromatic N) is 4. The molecule has 0 unspecified atom stereocenters. The van der Waals surface area contributed by atoms with E-state index < -0.39 is 0 Å². The average molecular weight is 322 g/mol. The van der Waals surface area contributed by atoms with E-state index in [0.717, 1.165) is 25.1 Å². The molecule has 8 nitrogen and oxygen atoms in total. The van der Waals surface area contributed by atoms with Gasteiger partial charge in [-0.3, -0.25) is 14.5 Å². The van der Waals surface area contributed by atoms with Crippen LogP contribution in [0.15, 0.2) is 11.3 Å². The predicted octanol–water partition coefficient (Wildman–Crippen LogP) is 0.746. The van der Waals surface area contributed by atoms with Gasteiger partial charge in [0, 0.05) is 27.1 Å². The SMILES string of the molecule is CN=C(NCCCC(=O)OC1CCCC1)NCc1ncnn1C. The maximum atomic E-state index is 11.7. The Morgan fingerprint density at radius 3 is 2.87 bits per heavy atom. The quantitative estimate of drug-likeness (QED) is 0.333. The summed E-state index contributed by atoms with van der Waals surface area (Å²) in [6.45, 7) is 1.21. The van der Waals surface area contributed by atoms with Crippen LogP contribution in [-0.4, -0.2) is 46.4 Å². The zero-order chi connectivity index (χ0) is 16.5. The fourth-order valence-electron chi connectivity index (χ4n) is 2.55. The number of nitrogens with one attached hydrogen (secondary N) is 2. The van der Waals surface area contributed by atoms with Crippen LogP contribution in [-0.2, 0) is 23.1 Å².